The average molecular weight is 557 g/mol. The van der Waals surface area contributed by atoms with E-state index in [2.05, 4.69) is 22.0 Å². The number of halogens is 1. The van der Waals surface area contributed by atoms with E-state index < -0.39 is 5.92 Å². The van der Waals surface area contributed by atoms with Crippen LogP contribution in [0.2, 0.25) is 5.02 Å². The van der Waals surface area contributed by atoms with Crippen molar-refractivity contribution in [3.63, 3.8) is 0 Å². The number of aryl methyl sites for hydroxylation is 3. The van der Waals surface area contributed by atoms with Crippen LogP contribution in [0.3, 0.4) is 0 Å². The van der Waals surface area contributed by atoms with Crippen LogP contribution in [0, 0.1) is 32.1 Å². The second kappa shape index (κ2) is 12.2. The molecule has 4 rings (SSSR count). The largest absolute Gasteiger partial charge is 0.353 e. The van der Waals surface area contributed by atoms with E-state index >= 15 is 0 Å². The van der Waals surface area contributed by atoms with Crippen LogP contribution < -0.4 is 16.0 Å². The van der Waals surface area contributed by atoms with Crippen LogP contribution in [-0.4, -0.2) is 17.6 Å². The van der Waals surface area contributed by atoms with E-state index in [1.165, 1.54) is 11.8 Å². The second-order valence-corrected chi connectivity index (χ2v) is 10.8. The van der Waals surface area contributed by atoms with Gasteiger partial charge in [-0.25, -0.2) is 0 Å². The van der Waals surface area contributed by atoms with Crippen molar-refractivity contribution in [2.24, 2.45) is 0 Å². The van der Waals surface area contributed by atoms with Gasteiger partial charge in [-0.1, -0.05) is 77.5 Å². The molecule has 0 radical (unpaired) electrons. The summed E-state index contributed by atoms with van der Waals surface area (Å²) in [6, 6.07) is 22.7. The minimum absolute atomic E-state index is 0.0777. The maximum atomic E-state index is 13.5. The Kier molecular flexibility index (Phi) is 8.80. The molecule has 0 unspecified atom stereocenters. The fourth-order valence-electron chi connectivity index (χ4n) is 4.76. The van der Waals surface area contributed by atoms with E-state index in [1.807, 2.05) is 63.2 Å². The number of benzene rings is 3. The maximum Gasteiger partial charge on any atom is 0.254 e. The third kappa shape index (κ3) is 6.36. The maximum absolute atomic E-state index is 13.5. The number of thioether (sulfide) groups is 1. The van der Waals surface area contributed by atoms with E-state index in [0.717, 1.165) is 22.4 Å². The molecule has 0 saturated carbocycles. The molecule has 3 aromatic carbocycles. The molecule has 8 heteroatoms. The summed E-state index contributed by atoms with van der Waals surface area (Å²) in [7, 11) is 0. The monoisotopic (exact) mass is 556 g/mol. The number of rotatable bonds is 7. The molecule has 0 bridgehead atoms. The van der Waals surface area contributed by atoms with Crippen molar-refractivity contribution in [1.82, 2.24) is 5.32 Å². The molecule has 2 amide bonds. The van der Waals surface area contributed by atoms with Gasteiger partial charge in [0.15, 0.2) is 0 Å². The van der Waals surface area contributed by atoms with Gasteiger partial charge < -0.3 is 16.0 Å². The van der Waals surface area contributed by atoms with Crippen LogP contribution in [-0.2, 0) is 9.59 Å². The first kappa shape index (κ1) is 28.0. The van der Waals surface area contributed by atoms with Crippen molar-refractivity contribution in [2.45, 2.75) is 33.6 Å². The minimum atomic E-state index is -0.708. The Hall–Kier alpha value is -3.99. The smallest absolute Gasteiger partial charge is 0.254 e. The van der Waals surface area contributed by atoms with Gasteiger partial charge in [-0.15, -0.1) is 0 Å². The topological polar surface area (TPSA) is 94.0 Å². The van der Waals surface area contributed by atoms with Gasteiger partial charge in [0.1, 0.15) is 0 Å². The molecule has 0 spiro atoms. The molecule has 39 heavy (non-hydrogen) atoms. The van der Waals surface area contributed by atoms with Crippen molar-refractivity contribution in [2.75, 3.05) is 16.4 Å². The number of nitrogens with one attached hydrogen (secondary N) is 3. The number of hydrogen-bond donors (Lipinski definition) is 3. The molecule has 1 heterocycles. The summed E-state index contributed by atoms with van der Waals surface area (Å²) in [5.41, 5.74) is 6.49. The Labute approximate surface area is 238 Å². The van der Waals surface area contributed by atoms with E-state index in [4.69, 9.17) is 11.6 Å². The quantitative estimate of drug-likeness (QED) is 0.292. The van der Waals surface area contributed by atoms with Gasteiger partial charge >= 0.3 is 0 Å². The molecule has 198 valence electrons. The molecule has 6 nitrogen and oxygen atoms in total. The second-order valence-electron chi connectivity index (χ2n) is 9.40. The predicted molar refractivity (Wildman–Crippen MR) is 159 cm³/mol. The molecule has 0 saturated heterocycles. The number of nitrogens with zero attached hydrogens (tertiary/aromatic N) is 1. The zero-order valence-corrected chi connectivity index (χ0v) is 23.8. The molecule has 3 aromatic rings. The minimum Gasteiger partial charge on any atom is -0.353 e. The third-order valence-electron chi connectivity index (χ3n) is 6.43. The van der Waals surface area contributed by atoms with E-state index in [-0.39, 0.29) is 17.6 Å². The van der Waals surface area contributed by atoms with Gasteiger partial charge in [-0.2, -0.15) is 5.26 Å². The number of anilines is 2. The van der Waals surface area contributed by atoms with Gasteiger partial charge in [-0.3, -0.25) is 9.59 Å². The fourth-order valence-corrected chi connectivity index (χ4v) is 5.89. The number of carbonyl (C=O) groups excluding carboxylic acids is 2. The lowest BCUT2D eigenvalue weighted by Crippen LogP contribution is -2.31. The van der Waals surface area contributed by atoms with E-state index in [0.29, 0.717) is 38.1 Å². The summed E-state index contributed by atoms with van der Waals surface area (Å²) >= 11 is 7.81. The Balaban J connectivity index is 1.64. The summed E-state index contributed by atoms with van der Waals surface area (Å²) in [6.07, 6.45) is 0. The highest BCUT2D eigenvalue weighted by Crippen LogP contribution is 2.43. The summed E-state index contributed by atoms with van der Waals surface area (Å²) in [6.45, 7) is 7.74. The fraction of sp³-hybridized carbons (Fsp3) is 0.194. The number of allylic oxidation sites excluding steroid dienone is 2. The van der Waals surface area contributed by atoms with Crippen LogP contribution in [0.5, 0.6) is 0 Å². The molecule has 3 N–H and O–H groups in total. The summed E-state index contributed by atoms with van der Waals surface area (Å²) in [4.78, 5) is 26.5. The molecule has 0 aromatic heterocycles. The van der Waals surface area contributed by atoms with E-state index in [1.54, 1.807) is 31.2 Å². The van der Waals surface area contributed by atoms with Gasteiger partial charge in [0, 0.05) is 27.7 Å². The van der Waals surface area contributed by atoms with Crippen molar-refractivity contribution in [3.05, 3.63) is 116 Å². The van der Waals surface area contributed by atoms with Crippen molar-refractivity contribution < 1.29 is 9.59 Å². The Morgan fingerprint density at radius 3 is 2.26 bits per heavy atom. The first-order valence-corrected chi connectivity index (χ1v) is 13.8. The van der Waals surface area contributed by atoms with Crippen molar-refractivity contribution >= 4 is 46.6 Å². The lowest BCUT2D eigenvalue weighted by molar-refractivity contribution is -0.114. The van der Waals surface area contributed by atoms with Crippen LogP contribution >= 0.6 is 23.4 Å². The third-order valence-corrected chi connectivity index (χ3v) is 7.79. The van der Waals surface area contributed by atoms with Gasteiger partial charge in [-0.05, 0) is 62.6 Å². The molecule has 1 atom stereocenters. The first-order valence-electron chi connectivity index (χ1n) is 12.4. The highest BCUT2D eigenvalue weighted by molar-refractivity contribution is 8.03. The standard InChI is InChI=1S/C31H29ClN4O2S/c1-18-14-19(2)29(20(3)15-18)36-26(37)17-39-31-24(16-33)28(23-12-8-9-13-25(23)32)27(21(4)34-31)30(38)35-22-10-6-5-7-11-22/h5-15,28,34H,17H2,1-4H3,(H,35,38)(H,36,37)/t28-/m1/s1. The SMILES string of the molecule is CC1=C(C(=O)Nc2ccccc2)[C@H](c2ccccc2Cl)C(C#N)=C(SCC(=O)Nc2c(C)cc(C)cc2C)N1. The number of amides is 2. The normalized spacial score (nSPS) is 14.9. The molecular formula is C31H29ClN4O2S. The summed E-state index contributed by atoms with van der Waals surface area (Å²) < 4.78 is 0. The molecule has 0 fully saturated rings. The first-order chi connectivity index (χ1) is 18.7. The van der Waals surface area contributed by atoms with Crippen LogP contribution in [0.1, 0.15) is 35.1 Å². The molecule has 1 aliphatic heterocycles. The van der Waals surface area contributed by atoms with Gasteiger partial charge in [0.25, 0.3) is 5.91 Å². The molecule has 0 aliphatic carbocycles. The van der Waals surface area contributed by atoms with Crippen molar-refractivity contribution in [1.29, 1.82) is 5.26 Å². The van der Waals surface area contributed by atoms with Crippen LogP contribution in [0.4, 0.5) is 11.4 Å². The average Bonchev–Trinajstić information content (AvgIpc) is 2.90. The molecular weight excluding hydrogens is 528 g/mol. The highest BCUT2D eigenvalue weighted by Gasteiger charge is 2.36. The molecule has 1 aliphatic rings. The van der Waals surface area contributed by atoms with Crippen molar-refractivity contribution in [3.8, 4) is 6.07 Å². The van der Waals surface area contributed by atoms with E-state index in [9.17, 15) is 14.9 Å². The predicted octanol–water partition coefficient (Wildman–Crippen LogP) is 6.97. The number of carbonyl (C=O) groups is 2. The number of nitriles is 1. The Bertz CT molecular complexity index is 1520. The number of para-hydroxylation sites is 1. The number of dihydropyridines is 1. The number of hydrogen-bond acceptors (Lipinski definition) is 5. The zero-order valence-electron chi connectivity index (χ0n) is 22.2. The highest BCUT2D eigenvalue weighted by atomic mass is 35.5. The van der Waals surface area contributed by atoms with Crippen LogP contribution in [0.15, 0.2) is 88.6 Å². The van der Waals surface area contributed by atoms with Gasteiger partial charge in [0.2, 0.25) is 5.91 Å². The lowest BCUT2D eigenvalue weighted by Gasteiger charge is -2.30. The van der Waals surface area contributed by atoms with Crippen LogP contribution in [0.25, 0.3) is 0 Å². The lowest BCUT2D eigenvalue weighted by atomic mass is 9.82. The Morgan fingerprint density at radius 1 is 0.974 bits per heavy atom. The Morgan fingerprint density at radius 2 is 1.62 bits per heavy atom. The zero-order chi connectivity index (χ0) is 28.1. The summed E-state index contributed by atoms with van der Waals surface area (Å²) in [5, 5.41) is 20.4. The van der Waals surface area contributed by atoms with Gasteiger partial charge in [0.05, 0.1) is 28.3 Å². The summed E-state index contributed by atoms with van der Waals surface area (Å²) in [5.74, 6) is -1.16.